The fourth-order valence-electron chi connectivity index (χ4n) is 1.75. The molecule has 19 heavy (non-hydrogen) atoms. The fraction of sp³-hybridized carbons (Fsp3) is 0.400. The maximum absolute atomic E-state index is 6.29. The molecule has 1 unspecified atom stereocenters. The Kier molecular flexibility index (Phi) is 3.92. The van der Waals surface area contributed by atoms with Crippen molar-refractivity contribution in [2.45, 2.75) is 32.2 Å². The summed E-state index contributed by atoms with van der Waals surface area (Å²) in [4.78, 5) is 4.67. The fourth-order valence-corrected chi connectivity index (χ4v) is 2.82. The number of hydrogen-bond acceptors (Lipinski definition) is 4. The minimum Gasteiger partial charge on any atom is -0.497 e. The molecule has 0 saturated carbocycles. The van der Waals surface area contributed by atoms with E-state index in [0.29, 0.717) is 0 Å². The van der Waals surface area contributed by atoms with Crippen LogP contribution in [0.4, 0.5) is 0 Å². The molecule has 2 aromatic rings. The summed E-state index contributed by atoms with van der Waals surface area (Å²) < 4.78 is 5.23. The van der Waals surface area contributed by atoms with Gasteiger partial charge in [-0.25, -0.2) is 4.98 Å². The van der Waals surface area contributed by atoms with Crippen molar-refractivity contribution >= 4 is 11.3 Å². The molecule has 0 aliphatic rings. The number of nitrogens with two attached hydrogens (primary N) is 1. The molecule has 2 N–H and O–H groups in total. The lowest BCUT2D eigenvalue weighted by atomic mass is 9.93. The molecular formula is C15H20N2OS. The van der Waals surface area contributed by atoms with E-state index in [0.717, 1.165) is 22.0 Å². The van der Waals surface area contributed by atoms with E-state index in [9.17, 15) is 0 Å². The van der Waals surface area contributed by atoms with Crippen LogP contribution in [0.3, 0.4) is 0 Å². The molecule has 102 valence electrons. The standard InChI is InChI=1S/C15H20N2OS/c1-15(2,3)12-9-19-14(17-12)13(16)10-6-5-7-11(8-10)18-4/h5-9,13H,16H2,1-4H3. The van der Waals surface area contributed by atoms with Gasteiger partial charge >= 0.3 is 0 Å². The van der Waals surface area contributed by atoms with Crippen molar-refractivity contribution in [2.75, 3.05) is 7.11 Å². The van der Waals surface area contributed by atoms with E-state index in [1.54, 1.807) is 18.4 Å². The zero-order chi connectivity index (χ0) is 14.0. The Hall–Kier alpha value is -1.39. The van der Waals surface area contributed by atoms with Crippen molar-refractivity contribution in [3.63, 3.8) is 0 Å². The first-order valence-corrected chi connectivity index (χ1v) is 7.15. The summed E-state index contributed by atoms with van der Waals surface area (Å²) in [6.45, 7) is 6.47. The van der Waals surface area contributed by atoms with Crippen molar-refractivity contribution in [1.82, 2.24) is 4.98 Å². The van der Waals surface area contributed by atoms with Gasteiger partial charge in [-0.05, 0) is 17.7 Å². The van der Waals surface area contributed by atoms with E-state index in [1.165, 1.54) is 0 Å². The number of methoxy groups -OCH3 is 1. The van der Waals surface area contributed by atoms with Crippen molar-refractivity contribution in [2.24, 2.45) is 5.73 Å². The third-order valence-electron chi connectivity index (χ3n) is 3.01. The summed E-state index contributed by atoms with van der Waals surface area (Å²) in [6, 6.07) is 7.63. The smallest absolute Gasteiger partial charge is 0.119 e. The van der Waals surface area contributed by atoms with Crippen LogP contribution in [0.15, 0.2) is 29.6 Å². The molecule has 2 rings (SSSR count). The first kappa shape index (κ1) is 14.0. The van der Waals surface area contributed by atoms with Crippen LogP contribution < -0.4 is 10.5 Å². The van der Waals surface area contributed by atoms with Gasteiger partial charge in [-0.15, -0.1) is 11.3 Å². The van der Waals surface area contributed by atoms with Crippen LogP contribution in [0.25, 0.3) is 0 Å². The van der Waals surface area contributed by atoms with E-state index < -0.39 is 0 Å². The van der Waals surface area contributed by atoms with Crippen molar-refractivity contribution in [3.8, 4) is 5.75 Å². The maximum atomic E-state index is 6.29. The molecule has 3 nitrogen and oxygen atoms in total. The summed E-state index contributed by atoms with van der Waals surface area (Å²) in [5, 5.41) is 3.04. The van der Waals surface area contributed by atoms with Crippen LogP contribution in [0.5, 0.6) is 5.75 Å². The predicted octanol–water partition coefficient (Wildman–Crippen LogP) is 3.50. The molecule has 0 bridgehead atoms. The van der Waals surface area contributed by atoms with Crippen molar-refractivity contribution < 1.29 is 4.74 Å². The van der Waals surface area contributed by atoms with E-state index in [4.69, 9.17) is 10.5 Å². The van der Waals surface area contributed by atoms with E-state index in [2.05, 4.69) is 31.1 Å². The maximum Gasteiger partial charge on any atom is 0.119 e. The minimum absolute atomic E-state index is 0.0584. The number of benzene rings is 1. The van der Waals surface area contributed by atoms with Crippen LogP contribution in [-0.4, -0.2) is 12.1 Å². The second kappa shape index (κ2) is 5.31. The van der Waals surface area contributed by atoms with Crippen LogP contribution >= 0.6 is 11.3 Å². The highest BCUT2D eigenvalue weighted by Gasteiger charge is 2.20. The van der Waals surface area contributed by atoms with Gasteiger partial charge in [0.25, 0.3) is 0 Å². The Balaban J connectivity index is 2.28. The lowest BCUT2D eigenvalue weighted by Crippen LogP contribution is -2.15. The molecule has 1 aromatic carbocycles. The highest BCUT2D eigenvalue weighted by molar-refractivity contribution is 7.09. The molecule has 1 atom stereocenters. The lowest BCUT2D eigenvalue weighted by Gasteiger charge is -2.15. The molecule has 0 spiro atoms. The quantitative estimate of drug-likeness (QED) is 0.933. The Morgan fingerprint density at radius 1 is 1.32 bits per heavy atom. The normalized spacial score (nSPS) is 13.3. The second-order valence-electron chi connectivity index (χ2n) is 5.58. The summed E-state index contributed by atoms with van der Waals surface area (Å²) in [5.74, 6) is 0.820. The summed E-state index contributed by atoms with van der Waals surface area (Å²) in [7, 11) is 1.66. The number of nitrogens with zero attached hydrogens (tertiary/aromatic N) is 1. The third-order valence-corrected chi connectivity index (χ3v) is 3.94. The Bertz CT molecular complexity index is 557. The highest BCUT2D eigenvalue weighted by Crippen LogP contribution is 2.29. The van der Waals surface area contributed by atoms with Gasteiger partial charge in [0.2, 0.25) is 0 Å². The van der Waals surface area contributed by atoms with Gasteiger partial charge in [-0.2, -0.15) is 0 Å². The van der Waals surface area contributed by atoms with Crippen molar-refractivity contribution in [3.05, 3.63) is 45.9 Å². The SMILES string of the molecule is COc1cccc(C(N)c2nc(C(C)(C)C)cs2)c1. The first-order chi connectivity index (χ1) is 8.91. The van der Waals surface area contributed by atoms with E-state index in [1.807, 2.05) is 24.3 Å². The highest BCUT2D eigenvalue weighted by atomic mass is 32.1. The van der Waals surface area contributed by atoms with Gasteiger partial charge in [0, 0.05) is 10.8 Å². The Labute approximate surface area is 118 Å². The molecular weight excluding hydrogens is 256 g/mol. The van der Waals surface area contributed by atoms with Crippen LogP contribution in [0.2, 0.25) is 0 Å². The average Bonchev–Trinajstić information content (AvgIpc) is 2.87. The average molecular weight is 276 g/mol. The summed E-state index contributed by atoms with van der Waals surface area (Å²) in [5.41, 5.74) is 8.46. The summed E-state index contributed by atoms with van der Waals surface area (Å²) >= 11 is 1.62. The number of ether oxygens (including phenoxy) is 1. The van der Waals surface area contributed by atoms with Gasteiger partial charge in [0.15, 0.2) is 0 Å². The van der Waals surface area contributed by atoms with Gasteiger partial charge in [0.1, 0.15) is 10.8 Å². The third kappa shape index (κ3) is 3.14. The predicted molar refractivity (Wildman–Crippen MR) is 79.8 cm³/mol. The molecule has 0 fully saturated rings. The Morgan fingerprint density at radius 3 is 2.63 bits per heavy atom. The molecule has 0 aliphatic heterocycles. The van der Waals surface area contributed by atoms with E-state index >= 15 is 0 Å². The van der Waals surface area contributed by atoms with Crippen LogP contribution in [0.1, 0.15) is 43.1 Å². The molecule has 1 aromatic heterocycles. The Morgan fingerprint density at radius 2 is 2.05 bits per heavy atom. The minimum atomic E-state index is -0.198. The zero-order valence-electron chi connectivity index (χ0n) is 11.8. The van der Waals surface area contributed by atoms with Gasteiger partial charge in [0.05, 0.1) is 18.8 Å². The number of thiazole rings is 1. The van der Waals surface area contributed by atoms with Gasteiger partial charge in [-0.3, -0.25) is 0 Å². The van der Waals surface area contributed by atoms with Gasteiger partial charge in [-0.1, -0.05) is 32.9 Å². The molecule has 0 radical (unpaired) electrons. The lowest BCUT2D eigenvalue weighted by molar-refractivity contribution is 0.414. The zero-order valence-corrected chi connectivity index (χ0v) is 12.6. The van der Waals surface area contributed by atoms with E-state index in [-0.39, 0.29) is 11.5 Å². The molecule has 4 heteroatoms. The molecule has 1 heterocycles. The topological polar surface area (TPSA) is 48.1 Å². The number of aromatic nitrogens is 1. The first-order valence-electron chi connectivity index (χ1n) is 6.27. The largest absolute Gasteiger partial charge is 0.497 e. The molecule has 0 amide bonds. The molecule has 0 aliphatic carbocycles. The number of hydrogen-bond donors (Lipinski definition) is 1. The van der Waals surface area contributed by atoms with Crippen molar-refractivity contribution in [1.29, 1.82) is 0 Å². The van der Waals surface area contributed by atoms with Crippen LogP contribution in [0, 0.1) is 0 Å². The second-order valence-corrected chi connectivity index (χ2v) is 6.46. The molecule has 0 saturated heterocycles. The number of rotatable bonds is 3. The monoisotopic (exact) mass is 276 g/mol. The van der Waals surface area contributed by atoms with Crippen LogP contribution in [-0.2, 0) is 5.41 Å². The van der Waals surface area contributed by atoms with Gasteiger partial charge < -0.3 is 10.5 Å². The summed E-state index contributed by atoms with van der Waals surface area (Å²) in [6.07, 6.45) is 0.